The molecule has 0 unspecified atom stereocenters. The number of rotatable bonds is 8. The monoisotopic (exact) mass is 349 g/mol. The van der Waals surface area contributed by atoms with Gasteiger partial charge in [0.15, 0.2) is 23.1 Å². The van der Waals surface area contributed by atoms with Crippen LogP contribution in [-0.2, 0) is 11.4 Å². The molecule has 0 aromatic heterocycles. The standard InChI is InChI=1S/C18H20FNO5/c1-21-15-6-5-12(7-14(15)19)11-25-20-10-13-8-16(22-2)18(24-4)17(9-13)23-3/h5-10H,11H2,1-4H3/b20-10-. The lowest BCUT2D eigenvalue weighted by atomic mass is 10.2. The van der Waals surface area contributed by atoms with Crippen LogP contribution in [0.3, 0.4) is 0 Å². The second-order valence-electron chi connectivity index (χ2n) is 4.94. The minimum absolute atomic E-state index is 0.127. The van der Waals surface area contributed by atoms with Gasteiger partial charge < -0.3 is 23.8 Å². The summed E-state index contributed by atoms with van der Waals surface area (Å²) in [5.41, 5.74) is 1.34. The van der Waals surface area contributed by atoms with Crippen molar-refractivity contribution in [2.75, 3.05) is 28.4 Å². The highest BCUT2D eigenvalue weighted by Gasteiger charge is 2.12. The molecule has 0 N–H and O–H groups in total. The van der Waals surface area contributed by atoms with Gasteiger partial charge in [-0.15, -0.1) is 0 Å². The van der Waals surface area contributed by atoms with Crippen molar-refractivity contribution in [3.8, 4) is 23.0 Å². The first-order valence-corrected chi connectivity index (χ1v) is 7.40. The minimum Gasteiger partial charge on any atom is -0.494 e. The van der Waals surface area contributed by atoms with Crippen LogP contribution in [0.15, 0.2) is 35.5 Å². The highest BCUT2D eigenvalue weighted by atomic mass is 19.1. The van der Waals surface area contributed by atoms with E-state index in [9.17, 15) is 4.39 Å². The lowest BCUT2D eigenvalue weighted by molar-refractivity contribution is 0.132. The Kier molecular flexibility index (Phi) is 6.45. The molecule has 0 amide bonds. The Morgan fingerprint density at radius 1 is 0.880 bits per heavy atom. The summed E-state index contributed by atoms with van der Waals surface area (Å²) in [6.45, 7) is 0.127. The highest BCUT2D eigenvalue weighted by Crippen LogP contribution is 2.37. The van der Waals surface area contributed by atoms with Crippen molar-refractivity contribution < 1.29 is 28.2 Å². The third kappa shape index (κ3) is 4.53. The van der Waals surface area contributed by atoms with Gasteiger partial charge in [-0.25, -0.2) is 4.39 Å². The molecule has 0 aliphatic rings. The number of oxime groups is 1. The summed E-state index contributed by atoms with van der Waals surface area (Å²) in [5.74, 6) is 1.26. The van der Waals surface area contributed by atoms with E-state index in [2.05, 4.69) is 5.16 Å². The molecule has 7 heteroatoms. The maximum absolute atomic E-state index is 13.6. The predicted octanol–water partition coefficient (Wildman–Crippen LogP) is 3.41. The van der Waals surface area contributed by atoms with Gasteiger partial charge in [0.05, 0.1) is 34.7 Å². The molecule has 6 nitrogen and oxygen atoms in total. The smallest absolute Gasteiger partial charge is 0.203 e. The zero-order valence-electron chi connectivity index (χ0n) is 14.5. The summed E-state index contributed by atoms with van der Waals surface area (Å²) < 4.78 is 34.3. The van der Waals surface area contributed by atoms with Gasteiger partial charge in [-0.2, -0.15) is 0 Å². The normalized spacial score (nSPS) is 10.6. The van der Waals surface area contributed by atoms with Crippen molar-refractivity contribution in [3.05, 3.63) is 47.3 Å². The molecule has 0 spiro atoms. The SMILES string of the molecule is COc1ccc(CO/N=C\c2cc(OC)c(OC)c(OC)c2)cc1F. The summed E-state index contributed by atoms with van der Waals surface area (Å²) >= 11 is 0. The van der Waals surface area contributed by atoms with Gasteiger partial charge in [0.2, 0.25) is 5.75 Å². The van der Waals surface area contributed by atoms with E-state index in [-0.39, 0.29) is 12.4 Å². The van der Waals surface area contributed by atoms with E-state index in [1.54, 1.807) is 18.2 Å². The maximum Gasteiger partial charge on any atom is 0.203 e. The van der Waals surface area contributed by atoms with Crippen LogP contribution in [0.1, 0.15) is 11.1 Å². The fraction of sp³-hybridized carbons (Fsp3) is 0.278. The third-order valence-corrected chi connectivity index (χ3v) is 3.41. The quantitative estimate of drug-likeness (QED) is 0.540. The van der Waals surface area contributed by atoms with Crippen molar-refractivity contribution in [3.63, 3.8) is 0 Å². The molecule has 2 aromatic rings. The van der Waals surface area contributed by atoms with Gasteiger partial charge in [0.25, 0.3) is 0 Å². The highest BCUT2D eigenvalue weighted by molar-refractivity contribution is 5.82. The number of hydrogen-bond acceptors (Lipinski definition) is 6. The maximum atomic E-state index is 13.6. The molecule has 25 heavy (non-hydrogen) atoms. The summed E-state index contributed by atoms with van der Waals surface area (Å²) in [6.07, 6.45) is 1.50. The van der Waals surface area contributed by atoms with Crippen molar-refractivity contribution in [1.82, 2.24) is 0 Å². The van der Waals surface area contributed by atoms with Gasteiger partial charge in [-0.05, 0) is 29.8 Å². The first-order chi connectivity index (χ1) is 12.1. The van der Waals surface area contributed by atoms with E-state index in [0.29, 0.717) is 28.4 Å². The predicted molar refractivity (Wildman–Crippen MR) is 91.4 cm³/mol. The van der Waals surface area contributed by atoms with Crippen molar-refractivity contribution in [2.24, 2.45) is 5.16 Å². The summed E-state index contributed by atoms with van der Waals surface area (Å²) in [6, 6.07) is 8.06. The molecule has 0 aliphatic heterocycles. The van der Waals surface area contributed by atoms with Gasteiger partial charge in [-0.3, -0.25) is 0 Å². The van der Waals surface area contributed by atoms with E-state index in [1.807, 2.05) is 0 Å². The molecule has 0 saturated carbocycles. The third-order valence-electron chi connectivity index (χ3n) is 3.41. The minimum atomic E-state index is -0.447. The average molecular weight is 349 g/mol. The Morgan fingerprint density at radius 3 is 2.04 bits per heavy atom. The second kappa shape index (κ2) is 8.77. The Bertz CT molecular complexity index is 723. The van der Waals surface area contributed by atoms with Gasteiger partial charge >= 0.3 is 0 Å². The molecule has 0 aliphatic carbocycles. The van der Waals surface area contributed by atoms with E-state index in [4.69, 9.17) is 23.8 Å². The molecular formula is C18H20FNO5. The van der Waals surface area contributed by atoms with Gasteiger partial charge in [0.1, 0.15) is 6.61 Å². The fourth-order valence-electron chi connectivity index (χ4n) is 2.19. The van der Waals surface area contributed by atoms with Gasteiger partial charge in [-0.1, -0.05) is 11.2 Å². The Labute approximate surface area is 145 Å². The van der Waals surface area contributed by atoms with E-state index in [1.165, 1.54) is 46.8 Å². The molecule has 0 heterocycles. The zero-order chi connectivity index (χ0) is 18.2. The van der Waals surface area contributed by atoms with Crippen molar-refractivity contribution in [1.29, 1.82) is 0 Å². The van der Waals surface area contributed by atoms with E-state index >= 15 is 0 Å². The van der Waals surface area contributed by atoms with E-state index in [0.717, 1.165) is 0 Å². The summed E-state index contributed by atoms with van der Waals surface area (Å²) in [5, 5.41) is 3.88. The lowest BCUT2D eigenvalue weighted by Gasteiger charge is -2.12. The molecule has 0 atom stereocenters. The van der Waals surface area contributed by atoms with Crippen LogP contribution < -0.4 is 18.9 Å². The van der Waals surface area contributed by atoms with E-state index < -0.39 is 5.82 Å². The number of benzene rings is 2. The van der Waals surface area contributed by atoms with Crippen LogP contribution >= 0.6 is 0 Å². The zero-order valence-corrected chi connectivity index (χ0v) is 14.5. The molecule has 134 valence electrons. The largest absolute Gasteiger partial charge is 0.494 e. The number of hydrogen-bond donors (Lipinski definition) is 0. The lowest BCUT2D eigenvalue weighted by Crippen LogP contribution is -1.97. The number of nitrogens with zero attached hydrogens (tertiary/aromatic N) is 1. The Balaban J connectivity index is 2.05. The Morgan fingerprint density at radius 2 is 1.52 bits per heavy atom. The number of ether oxygens (including phenoxy) is 4. The number of halogens is 1. The average Bonchev–Trinajstić information content (AvgIpc) is 2.64. The van der Waals surface area contributed by atoms with Crippen LogP contribution in [0.2, 0.25) is 0 Å². The van der Waals surface area contributed by atoms with Crippen LogP contribution in [0.25, 0.3) is 0 Å². The molecule has 2 aromatic carbocycles. The first kappa shape index (κ1) is 18.4. The second-order valence-corrected chi connectivity index (χ2v) is 4.94. The molecule has 0 bridgehead atoms. The summed E-state index contributed by atoms with van der Waals surface area (Å²) in [7, 11) is 6.02. The molecule has 0 saturated heterocycles. The fourth-order valence-corrected chi connectivity index (χ4v) is 2.19. The molecule has 2 rings (SSSR count). The van der Waals surface area contributed by atoms with Crippen LogP contribution in [-0.4, -0.2) is 34.7 Å². The summed E-state index contributed by atoms with van der Waals surface area (Å²) in [4.78, 5) is 5.20. The topological polar surface area (TPSA) is 58.5 Å². The van der Waals surface area contributed by atoms with Crippen molar-refractivity contribution in [2.45, 2.75) is 6.61 Å². The van der Waals surface area contributed by atoms with Crippen LogP contribution in [0, 0.1) is 5.82 Å². The van der Waals surface area contributed by atoms with Gasteiger partial charge in [0, 0.05) is 5.56 Å². The number of methoxy groups -OCH3 is 4. The molecule has 0 fully saturated rings. The van der Waals surface area contributed by atoms with Crippen molar-refractivity contribution >= 4 is 6.21 Å². The molecular weight excluding hydrogens is 329 g/mol. The first-order valence-electron chi connectivity index (χ1n) is 7.40. The molecule has 0 radical (unpaired) electrons. The van der Waals surface area contributed by atoms with Crippen LogP contribution in [0.5, 0.6) is 23.0 Å². The van der Waals surface area contributed by atoms with Crippen LogP contribution in [0.4, 0.5) is 4.39 Å². The Hall–Kier alpha value is -2.96.